The van der Waals surface area contributed by atoms with Gasteiger partial charge in [-0.25, -0.2) is 0 Å². The van der Waals surface area contributed by atoms with E-state index in [1.165, 1.54) is 0 Å². The lowest BCUT2D eigenvalue weighted by atomic mass is 10.2. The summed E-state index contributed by atoms with van der Waals surface area (Å²) >= 11 is 0. The number of anilines is 2. The summed E-state index contributed by atoms with van der Waals surface area (Å²) in [6.45, 7) is 0.196. The second-order valence-electron chi connectivity index (χ2n) is 3.57. The van der Waals surface area contributed by atoms with Gasteiger partial charge in [0.25, 0.3) is 0 Å². The van der Waals surface area contributed by atoms with E-state index in [2.05, 4.69) is 6.07 Å². The van der Waals surface area contributed by atoms with Crippen molar-refractivity contribution in [2.75, 3.05) is 11.4 Å². The van der Waals surface area contributed by atoms with E-state index in [0.29, 0.717) is 5.69 Å². The van der Waals surface area contributed by atoms with Crippen LogP contribution in [0.2, 0.25) is 0 Å². The number of phenolic OH excluding ortho intramolecular Hbond substituents is 1. The molecule has 0 aliphatic rings. The van der Waals surface area contributed by atoms with Gasteiger partial charge in [-0.3, -0.25) is 0 Å². The summed E-state index contributed by atoms with van der Waals surface area (Å²) in [6.07, 6.45) is 0. The Morgan fingerprint density at radius 1 is 1.00 bits per heavy atom. The van der Waals surface area contributed by atoms with Gasteiger partial charge in [0.15, 0.2) is 0 Å². The van der Waals surface area contributed by atoms with Crippen molar-refractivity contribution in [3.05, 3.63) is 54.6 Å². The van der Waals surface area contributed by atoms with Crippen molar-refractivity contribution in [3.8, 4) is 11.8 Å². The summed E-state index contributed by atoms with van der Waals surface area (Å²) < 4.78 is 0. The molecule has 0 saturated heterocycles. The number of nitriles is 1. The maximum atomic E-state index is 9.82. The lowest BCUT2D eigenvalue weighted by Crippen LogP contribution is -2.16. The molecule has 3 nitrogen and oxygen atoms in total. The zero-order chi connectivity index (χ0) is 12.1. The van der Waals surface area contributed by atoms with E-state index in [-0.39, 0.29) is 12.3 Å². The predicted molar refractivity (Wildman–Crippen MR) is 67.2 cm³/mol. The molecule has 0 atom stereocenters. The highest BCUT2D eigenvalue weighted by molar-refractivity contribution is 5.69. The normalized spacial score (nSPS) is 9.59. The first-order valence-electron chi connectivity index (χ1n) is 5.30. The van der Waals surface area contributed by atoms with Crippen LogP contribution in [0.3, 0.4) is 0 Å². The Morgan fingerprint density at radius 2 is 1.65 bits per heavy atom. The summed E-state index contributed by atoms with van der Waals surface area (Å²) in [4.78, 5) is 1.77. The first kappa shape index (κ1) is 11.0. The number of hydrogen-bond acceptors (Lipinski definition) is 3. The fourth-order valence-corrected chi connectivity index (χ4v) is 1.69. The zero-order valence-electron chi connectivity index (χ0n) is 9.24. The van der Waals surface area contributed by atoms with Crippen LogP contribution in [-0.2, 0) is 0 Å². The van der Waals surface area contributed by atoms with Crippen LogP contribution in [0.5, 0.6) is 5.75 Å². The van der Waals surface area contributed by atoms with E-state index in [4.69, 9.17) is 5.26 Å². The molecule has 0 heterocycles. The van der Waals surface area contributed by atoms with Crippen LogP contribution >= 0.6 is 0 Å². The standard InChI is InChI=1S/C14H12N2O/c15-10-11-16(12-6-2-1-3-7-12)13-8-4-5-9-14(13)17/h1-9,17H,11H2. The van der Waals surface area contributed by atoms with Gasteiger partial charge in [0, 0.05) is 5.69 Å². The maximum Gasteiger partial charge on any atom is 0.139 e. The number of para-hydroxylation sites is 3. The first-order valence-corrected chi connectivity index (χ1v) is 5.30. The Balaban J connectivity index is 2.44. The van der Waals surface area contributed by atoms with Gasteiger partial charge < -0.3 is 10.0 Å². The predicted octanol–water partition coefficient (Wildman–Crippen LogP) is 3.05. The quantitative estimate of drug-likeness (QED) is 0.815. The zero-order valence-corrected chi connectivity index (χ0v) is 9.24. The van der Waals surface area contributed by atoms with Crippen molar-refractivity contribution in [3.63, 3.8) is 0 Å². The van der Waals surface area contributed by atoms with Crippen molar-refractivity contribution >= 4 is 11.4 Å². The van der Waals surface area contributed by atoms with Crippen LogP contribution in [0.15, 0.2) is 54.6 Å². The molecule has 0 aliphatic heterocycles. The van der Waals surface area contributed by atoms with E-state index in [0.717, 1.165) is 5.69 Å². The molecule has 3 heteroatoms. The van der Waals surface area contributed by atoms with Gasteiger partial charge in [-0.05, 0) is 24.3 Å². The summed E-state index contributed by atoms with van der Waals surface area (Å²) in [5.74, 6) is 0.173. The Labute approximate surface area is 100 Å². The smallest absolute Gasteiger partial charge is 0.139 e. The Morgan fingerprint density at radius 3 is 2.29 bits per heavy atom. The molecule has 0 aliphatic carbocycles. The second-order valence-corrected chi connectivity index (χ2v) is 3.57. The van der Waals surface area contributed by atoms with Crippen LogP contribution in [0.1, 0.15) is 0 Å². The molecule has 0 unspecified atom stereocenters. The van der Waals surface area contributed by atoms with E-state index in [1.807, 2.05) is 36.4 Å². The molecule has 2 rings (SSSR count). The Kier molecular flexibility index (Phi) is 3.27. The molecule has 84 valence electrons. The summed E-state index contributed by atoms with van der Waals surface area (Å²) in [5, 5.41) is 18.7. The maximum absolute atomic E-state index is 9.82. The van der Waals surface area contributed by atoms with Gasteiger partial charge in [0.1, 0.15) is 12.3 Å². The number of rotatable bonds is 3. The third-order valence-corrected chi connectivity index (χ3v) is 2.47. The lowest BCUT2D eigenvalue weighted by Gasteiger charge is -2.22. The molecule has 2 aromatic rings. The van der Waals surface area contributed by atoms with E-state index < -0.39 is 0 Å². The molecule has 0 radical (unpaired) electrons. The van der Waals surface area contributed by atoms with Gasteiger partial charge >= 0.3 is 0 Å². The third-order valence-electron chi connectivity index (χ3n) is 2.47. The fraction of sp³-hybridized carbons (Fsp3) is 0.0714. The number of benzene rings is 2. The largest absolute Gasteiger partial charge is 0.506 e. The van der Waals surface area contributed by atoms with Crippen molar-refractivity contribution in [1.82, 2.24) is 0 Å². The van der Waals surface area contributed by atoms with Crippen molar-refractivity contribution in [1.29, 1.82) is 5.26 Å². The highest BCUT2D eigenvalue weighted by atomic mass is 16.3. The van der Waals surface area contributed by atoms with E-state index in [9.17, 15) is 5.11 Å². The van der Waals surface area contributed by atoms with E-state index in [1.54, 1.807) is 23.1 Å². The number of phenols is 1. The average molecular weight is 224 g/mol. The van der Waals surface area contributed by atoms with Gasteiger partial charge in [0.2, 0.25) is 0 Å². The molecular formula is C14H12N2O. The molecule has 1 N–H and O–H groups in total. The summed E-state index contributed by atoms with van der Waals surface area (Å²) in [5.41, 5.74) is 1.52. The molecule has 0 fully saturated rings. The van der Waals surface area contributed by atoms with Crippen LogP contribution < -0.4 is 4.90 Å². The van der Waals surface area contributed by atoms with Gasteiger partial charge in [-0.1, -0.05) is 30.3 Å². The SMILES string of the molecule is N#CCN(c1ccccc1)c1ccccc1O. The van der Waals surface area contributed by atoms with Crippen LogP contribution in [-0.4, -0.2) is 11.7 Å². The minimum atomic E-state index is 0.173. The highest BCUT2D eigenvalue weighted by Crippen LogP contribution is 2.31. The minimum Gasteiger partial charge on any atom is -0.506 e. The summed E-state index contributed by atoms with van der Waals surface area (Å²) in [6, 6.07) is 18.6. The Bertz CT molecular complexity index is 531. The first-order chi connectivity index (χ1) is 8.33. The number of aromatic hydroxyl groups is 1. The molecule has 0 spiro atoms. The number of hydrogen-bond donors (Lipinski definition) is 1. The van der Waals surface area contributed by atoms with Crippen LogP contribution in [0.25, 0.3) is 0 Å². The number of nitrogens with zero attached hydrogens (tertiary/aromatic N) is 2. The summed E-state index contributed by atoms with van der Waals surface area (Å²) in [7, 11) is 0. The van der Waals surface area contributed by atoms with Gasteiger partial charge in [0.05, 0.1) is 11.8 Å². The Hall–Kier alpha value is -2.47. The van der Waals surface area contributed by atoms with Crippen LogP contribution in [0.4, 0.5) is 11.4 Å². The monoisotopic (exact) mass is 224 g/mol. The van der Waals surface area contributed by atoms with Gasteiger partial charge in [-0.15, -0.1) is 0 Å². The highest BCUT2D eigenvalue weighted by Gasteiger charge is 2.11. The lowest BCUT2D eigenvalue weighted by molar-refractivity contribution is 0.476. The topological polar surface area (TPSA) is 47.3 Å². The van der Waals surface area contributed by atoms with Gasteiger partial charge in [-0.2, -0.15) is 5.26 Å². The van der Waals surface area contributed by atoms with E-state index >= 15 is 0 Å². The molecular weight excluding hydrogens is 212 g/mol. The fourth-order valence-electron chi connectivity index (χ4n) is 1.69. The third kappa shape index (κ3) is 2.37. The van der Waals surface area contributed by atoms with Crippen molar-refractivity contribution in [2.24, 2.45) is 0 Å². The second kappa shape index (κ2) is 5.04. The van der Waals surface area contributed by atoms with Crippen molar-refractivity contribution in [2.45, 2.75) is 0 Å². The molecule has 2 aromatic carbocycles. The average Bonchev–Trinajstić information content (AvgIpc) is 2.38. The van der Waals surface area contributed by atoms with Crippen molar-refractivity contribution < 1.29 is 5.11 Å². The molecule has 0 bridgehead atoms. The minimum absolute atomic E-state index is 0.173. The molecule has 0 aromatic heterocycles. The molecule has 17 heavy (non-hydrogen) atoms. The molecule has 0 amide bonds. The van der Waals surface area contributed by atoms with Crippen LogP contribution in [0, 0.1) is 11.3 Å². The molecule has 0 saturated carbocycles.